The molecule has 1 nitrogen and oxygen atoms in total. The lowest BCUT2D eigenvalue weighted by Crippen LogP contribution is -2.00. The highest BCUT2D eigenvalue weighted by Crippen LogP contribution is 2.42. The molecule has 1 N–H and O–H groups in total. The van der Waals surface area contributed by atoms with Crippen molar-refractivity contribution in [2.75, 3.05) is 6.61 Å². The number of rotatable bonds is 3. The fraction of sp³-hybridized carbons (Fsp3) is 0.538. The van der Waals surface area contributed by atoms with Gasteiger partial charge < -0.3 is 5.11 Å². The van der Waals surface area contributed by atoms with Crippen molar-refractivity contribution in [3.05, 3.63) is 34.9 Å². The van der Waals surface area contributed by atoms with Crippen LogP contribution in [-0.4, -0.2) is 11.7 Å². The summed E-state index contributed by atoms with van der Waals surface area (Å²) < 4.78 is 0. The van der Waals surface area contributed by atoms with E-state index in [0.717, 1.165) is 5.92 Å². The van der Waals surface area contributed by atoms with Gasteiger partial charge in [-0.15, -0.1) is 0 Å². The molecule has 1 atom stereocenters. The lowest BCUT2D eigenvalue weighted by molar-refractivity contribution is 0.273. The van der Waals surface area contributed by atoms with E-state index in [2.05, 4.69) is 32.0 Å². The van der Waals surface area contributed by atoms with Crippen molar-refractivity contribution in [3.63, 3.8) is 0 Å². The van der Waals surface area contributed by atoms with E-state index in [0.29, 0.717) is 0 Å². The molecule has 0 bridgehead atoms. The molecular weight excluding hydrogens is 172 g/mol. The Bertz CT molecular complexity index is 326. The minimum Gasteiger partial charge on any atom is -0.396 e. The monoisotopic (exact) mass is 190 g/mol. The summed E-state index contributed by atoms with van der Waals surface area (Å²) in [7, 11) is 0. The van der Waals surface area contributed by atoms with Crippen molar-refractivity contribution in [3.8, 4) is 0 Å². The summed E-state index contributed by atoms with van der Waals surface area (Å²) in [5.41, 5.74) is 4.18. The number of benzene rings is 1. The van der Waals surface area contributed by atoms with Crippen LogP contribution < -0.4 is 0 Å². The van der Waals surface area contributed by atoms with E-state index in [-0.39, 0.29) is 12.5 Å². The van der Waals surface area contributed by atoms with Crippen LogP contribution in [-0.2, 0) is 0 Å². The molecule has 0 aromatic heterocycles. The fourth-order valence-corrected chi connectivity index (χ4v) is 1.91. The molecule has 0 heterocycles. The molecule has 1 unspecified atom stereocenters. The zero-order valence-corrected chi connectivity index (χ0v) is 8.96. The largest absolute Gasteiger partial charge is 0.396 e. The number of aliphatic hydroxyl groups excluding tert-OH is 1. The van der Waals surface area contributed by atoms with Crippen LogP contribution in [0.4, 0.5) is 0 Å². The van der Waals surface area contributed by atoms with Crippen LogP contribution in [0.2, 0.25) is 0 Å². The van der Waals surface area contributed by atoms with Gasteiger partial charge in [0.1, 0.15) is 0 Å². The first-order valence-corrected chi connectivity index (χ1v) is 5.43. The Morgan fingerprint density at radius 2 is 2.14 bits per heavy atom. The maximum Gasteiger partial charge on any atom is 0.0497 e. The van der Waals surface area contributed by atoms with Crippen LogP contribution in [0.15, 0.2) is 18.2 Å². The minimum atomic E-state index is 0.243. The van der Waals surface area contributed by atoms with E-state index >= 15 is 0 Å². The second kappa shape index (κ2) is 3.74. The average Bonchev–Trinajstić information content (AvgIpc) is 3.01. The molecule has 14 heavy (non-hydrogen) atoms. The van der Waals surface area contributed by atoms with Crippen molar-refractivity contribution in [1.82, 2.24) is 0 Å². The van der Waals surface area contributed by atoms with E-state index in [1.165, 1.54) is 29.5 Å². The molecule has 1 aromatic carbocycles. The van der Waals surface area contributed by atoms with Gasteiger partial charge in [0.05, 0.1) is 0 Å². The predicted molar refractivity (Wildman–Crippen MR) is 58.7 cm³/mol. The van der Waals surface area contributed by atoms with E-state index in [1.807, 2.05) is 0 Å². The SMILES string of the molecule is Cc1ccc(C(C)CO)cc1C1CC1. The van der Waals surface area contributed by atoms with Gasteiger partial charge in [-0.25, -0.2) is 0 Å². The Morgan fingerprint density at radius 1 is 1.43 bits per heavy atom. The lowest BCUT2D eigenvalue weighted by atomic mass is 9.95. The molecule has 1 heteroatoms. The average molecular weight is 190 g/mol. The maximum absolute atomic E-state index is 9.10. The van der Waals surface area contributed by atoms with Gasteiger partial charge in [-0.3, -0.25) is 0 Å². The Kier molecular flexibility index (Phi) is 2.60. The van der Waals surface area contributed by atoms with Crippen molar-refractivity contribution in [2.45, 2.75) is 38.5 Å². The van der Waals surface area contributed by atoms with E-state index < -0.39 is 0 Å². The predicted octanol–water partition coefficient (Wildman–Crippen LogP) is 2.97. The first-order valence-electron chi connectivity index (χ1n) is 5.43. The summed E-state index contributed by atoms with van der Waals surface area (Å²) in [6.45, 7) is 4.50. The molecule has 0 amide bonds. The third kappa shape index (κ3) is 1.83. The first kappa shape index (κ1) is 9.72. The van der Waals surface area contributed by atoms with Crippen molar-refractivity contribution >= 4 is 0 Å². The highest BCUT2D eigenvalue weighted by atomic mass is 16.3. The zero-order valence-electron chi connectivity index (χ0n) is 8.96. The van der Waals surface area contributed by atoms with Crippen molar-refractivity contribution in [2.24, 2.45) is 0 Å². The van der Waals surface area contributed by atoms with Gasteiger partial charge in [-0.05, 0) is 42.4 Å². The summed E-state index contributed by atoms with van der Waals surface area (Å²) in [4.78, 5) is 0. The van der Waals surface area contributed by atoms with Gasteiger partial charge in [-0.1, -0.05) is 25.1 Å². The second-order valence-corrected chi connectivity index (χ2v) is 4.47. The highest BCUT2D eigenvalue weighted by molar-refractivity contribution is 5.37. The first-order chi connectivity index (χ1) is 6.72. The quantitative estimate of drug-likeness (QED) is 0.777. The normalized spacial score (nSPS) is 18.2. The summed E-state index contributed by atoms with van der Waals surface area (Å²) in [5, 5.41) is 9.10. The molecule has 0 saturated heterocycles. The van der Waals surface area contributed by atoms with Crippen LogP contribution >= 0.6 is 0 Å². The summed E-state index contributed by atoms with van der Waals surface area (Å²) in [5.74, 6) is 1.08. The molecule has 1 saturated carbocycles. The minimum absolute atomic E-state index is 0.243. The number of aliphatic hydroxyl groups is 1. The molecule has 0 spiro atoms. The van der Waals surface area contributed by atoms with E-state index in [4.69, 9.17) is 5.11 Å². The van der Waals surface area contributed by atoms with Gasteiger partial charge in [0, 0.05) is 12.5 Å². The van der Waals surface area contributed by atoms with Crippen LogP contribution in [0.25, 0.3) is 0 Å². The number of aryl methyl sites for hydroxylation is 1. The molecule has 0 aliphatic heterocycles. The fourth-order valence-electron chi connectivity index (χ4n) is 1.91. The summed E-state index contributed by atoms with van der Waals surface area (Å²) in [6, 6.07) is 6.62. The Morgan fingerprint density at radius 3 is 2.71 bits per heavy atom. The third-order valence-corrected chi connectivity index (χ3v) is 3.16. The summed E-state index contributed by atoms with van der Waals surface area (Å²) >= 11 is 0. The van der Waals surface area contributed by atoms with Crippen molar-refractivity contribution in [1.29, 1.82) is 0 Å². The number of hydrogen-bond donors (Lipinski definition) is 1. The van der Waals surface area contributed by atoms with E-state index in [1.54, 1.807) is 0 Å². The summed E-state index contributed by atoms with van der Waals surface area (Å²) in [6.07, 6.45) is 2.69. The molecule has 1 aliphatic rings. The van der Waals surface area contributed by atoms with Gasteiger partial charge in [0.25, 0.3) is 0 Å². The second-order valence-electron chi connectivity index (χ2n) is 4.47. The van der Waals surface area contributed by atoms with Crippen LogP contribution in [0.5, 0.6) is 0 Å². The van der Waals surface area contributed by atoms with Crippen molar-refractivity contribution < 1.29 is 5.11 Å². The molecule has 76 valence electrons. The van der Waals surface area contributed by atoms with Crippen LogP contribution in [0.3, 0.4) is 0 Å². The van der Waals surface area contributed by atoms with Gasteiger partial charge in [0.2, 0.25) is 0 Å². The van der Waals surface area contributed by atoms with E-state index in [9.17, 15) is 0 Å². The van der Waals surface area contributed by atoms with Crippen LogP contribution in [0, 0.1) is 6.92 Å². The molecule has 2 rings (SSSR count). The Hall–Kier alpha value is -0.820. The molecule has 1 aromatic rings. The zero-order chi connectivity index (χ0) is 10.1. The third-order valence-electron chi connectivity index (χ3n) is 3.16. The van der Waals surface area contributed by atoms with Gasteiger partial charge in [0.15, 0.2) is 0 Å². The molecule has 1 aliphatic carbocycles. The smallest absolute Gasteiger partial charge is 0.0497 e. The lowest BCUT2D eigenvalue weighted by Gasteiger charge is -2.12. The standard InChI is InChI=1S/C13H18O/c1-9-3-4-12(10(2)8-14)7-13(9)11-5-6-11/h3-4,7,10-11,14H,5-6,8H2,1-2H3. The molecule has 0 radical (unpaired) electrons. The highest BCUT2D eigenvalue weighted by Gasteiger charge is 2.25. The topological polar surface area (TPSA) is 20.2 Å². The molecular formula is C13H18O. The molecule has 1 fully saturated rings. The van der Waals surface area contributed by atoms with Crippen LogP contribution in [0.1, 0.15) is 48.3 Å². The Balaban J connectivity index is 2.30. The Labute approximate surface area is 85.8 Å². The van der Waals surface area contributed by atoms with Gasteiger partial charge >= 0.3 is 0 Å². The number of hydrogen-bond acceptors (Lipinski definition) is 1. The maximum atomic E-state index is 9.10. The van der Waals surface area contributed by atoms with Gasteiger partial charge in [-0.2, -0.15) is 0 Å².